The first kappa shape index (κ1) is 24.7. The number of nitrogens with two attached hydrogens (primary N) is 1. The fourth-order valence-corrected chi connectivity index (χ4v) is 4.86. The summed E-state index contributed by atoms with van der Waals surface area (Å²) in [4.78, 5) is 12.3. The highest BCUT2D eigenvalue weighted by Crippen LogP contribution is 2.31. The Kier molecular flexibility index (Phi) is 8.51. The summed E-state index contributed by atoms with van der Waals surface area (Å²) in [5.74, 6) is -0.768. The fraction of sp³-hybridized carbons (Fsp3) is 0.429. The highest BCUT2D eigenvalue weighted by Gasteiger charge is 2.27. The van der Waals surface area contributed by atoms with E-state index in [1.165, 1.54) is 40.4 Å². The quantitative estimate of drug-likeness (QED) is 0.529. The summed E-state index contributed by atoms with van der Waals surface area (Å²) in [6.07, 6.45) is 4.56. The van der Waals surface area contributed by atoms with Gasteiger partial charge in [-0.25, -0.2) is 13.2 Å². The van der Waals surface area contributed by atoms with Crippen molar-refractivity contribution in [3.63, 3.8) is 0 Å². The van der Waals surface area contributed by atoms with Gasteiger partial charge in [0.05, 0.1) is 34.0 Å². The number of nitriles is 1. The Labute approximate surface area is 188 Å². The Morgan fingerprint density at radius 3 is 2.39 bits per heavy atom. The molecule has 2 aromatic rings. The van der Waals surface area contributed by atoms with E-state index in [2.05, 4.69) is 0 Å². The van der Waals surface area contributed by atoms with E-state index in [9.17, 15) is 18.5 Å². The molecule has 0 saturated carbocycles. The smallest absolute Gasteiger partial charge is 0.357 e. The summed E-state index contributed by atoms with van der Waals surface area (Å²) < 4.78 is 34.2. The number of anilines is 1. The summed E-state index contributed by atoms with van der Waals surface area (Å²) in [5.41, 5.74) is 6.05. The van der Waals surface area contributed by atoms with Crippen LogP contribution in [0.4, 0.5) is 5.69 Å². The van der Waals surface area contributed by atoms with Gasteiger partial charge < -0.3 is 15.0 Å². The van der Waals surface area contributed by atoms with Gasteiger partial charge in [0.1, 0.15) is 6.07 Å². The normalized spacial score (nSPS) is 11.5. The molecule has 8 nitrogen and oxygen atoms in total. The van der Waals surface area contributed by atoms with Crippen LogP contribution in [0.3, 0.4) is 0 Å². The van der Waals surface area contributed by atoms with E-state index in [1.807, 2.05) is 19.9 Å². The van der Waals surface area contributed by atoms with Gasteiger partial charge in [0.25, 0.3) is 0 Å². The van der Waals surface area contributed by atoms with Crippen LogP contribution in [0.15, 0.2) is 29.3 Å². The summed E-state index contributed by atoms with van der Waals surface area (Å²) >= 11 is 6.35. The minimum Gasteiger partial charge on any atom is -0.464 e. The van der Waals surface area contributed by atoms with Crippen molar-refractivity contribution in [1.82, 2.24) is 8.87 Å². The number of carbonyl (C=O) groups is 1. The molecule has 0 fully saturated rings. The Bertz CT molecular complexity index is 1080. The van der Waals surface area contributed by atoms with Crippen LogP contribution in [-0.4, -0.2) is 43.5 Å². The molecule has 0 amide bonds. The molecule has 0 aliphatic carbocycles. The number of hydrogen-bond acceptors (Lipinski definition) is 6. The summed E-state index contributed by atoms with van der Waals surface area (Å²) in [6, 6.07) is 6.18. The van der Waals surface area contributed by atoms with Gasteiger partial charge in [-0.05, 0) is 31.0 Å². The molecule has 0 unspecified atom stereocenters. The van der Waals surface area contributed by atoms with Gasteiger partial charge in [0.15, 0.2) is 5.69 Å². The van der Waals surface area contributed by atoms with Gasteiger partial charge in [0, 0.05) is 19.3 Å². The van der Waals surface area contributed by atoms with Crippen molar-refractivity contribution in [3.8, 4) is 11.8 Å². The van der Waals surface area contributed by atoms with Gasteiger partial charge in [-0.2, -0.15) is 9.57 Å². The number of ether oxygens (including phenoxy) is 1. The first-order valence-electron chi connectivity index (χ1n) is 10.0. The molecule has 10 heteroatoms. The Balaban J connectivity index is 2.63. The molecule has 168 valence electrons. The topological polar surface area (TPSA) is 118 Å². The molecule has 31 heavy (non-hydrogen) atoms. The van der Waals surface area contributed by atoms with Gasteiger partial charge in [-0.1, -0.05) is 38.3 Å². The molecule has 0 saturated heterocycles. The molecule has 0 aliphatic heterocycles. The SMILES string of the molecule is CCCCN(CCCC)S(=O)(=O)c1ccc(Cl)c(-n2cc(C#N)c(N)c2C(=O)OC)c1. The monoisotopic (exact) mass is 466 g/mol. The number of unbranched alkanes of at least 4 members (excludes halogenated alkanes) is 2. The highest BCUT2D eigenvalue weighted by molar-refractivity contribution is 7.89. The van der Waals surface area contributed by atoms with E-state index in [0.29, 0.717) is 13.1 Å². The maximum atomic E-state index is 13.3. The largest absolute Gasteiger partial charge is 0.464 e. The van der Waals surface area contributed by atoms with Crippen LogP contribution in [0.25, 0.3) is 5.69 Å². The van der Waals surface area contributed by atoms with Crippen LogP contribution in [0.2, 0.25) is 5.02 Å². The molecule has 0 radical (unpaired) electrons. The van der Waals surface area contributed by atoms with Crippen LogP contribution in [0.5, 0.6) is 0 Å². The van der Waals surface area contributed by atoms with Gasteiger partial charge in [-0.3, -0.25) is 0 Å². The highest BCUT2D eigenvalue weighted by atomic mass is 35.5. The zero-order chi connectivity index (χ0) is 23.2. The second-order valence-corrected chi connectivity index (χ2v) is 9.35. The number of carbonyl (C=O) groups excluding carboxylic acids is 1. The molecule has 0 bridgehead atoms. The molecule has 1 aromatic heterocycles. The number of esters is 1. The number of rotatable bonds is 10. The molecule has 2 N–H and O–H groups in total. The van der Waals surface area contributed by atoms with Crippen molar-refractivity contribution in [3.05, 3.63) is 40.7 Å². The number of methoxy groups -OCH3 is 1. The number of nitrogen functional groups attached to an aromatic ring is 1. The first-order chi connectivity index (χ1) is 14.7. The molecule has 0 atom stereocenters. The molecule has 0 aliphatic rings. The Morgan fingerprint density at radius 1 is 1.26 bits per heavy atom. The third-order valence-electron chi connectivity index (χ3n) is 4.88. The van der Waals surface area contributed by atoms with Gasteiger partial charge in [-0.15, -0.1) is 0 Å². The van der Waals surface area contributed by atoms with Crippen molar-refractivity contribution in [2.24, 2.45) is 0 Å². The fourth-order valence-electron chi connectivity index (χ4n) is 3.11. The number of nitrogens with zero attached hydrogens (tertiary/aromatic N) is 3. The maximum Gasteiger partial charge on any atom is 0.357 e. The minimum atomic E-state index is -3.79. The third kappa shape index (κ3) is 5.21. The average molecular weight is 467 g/mol. The lowest BCUT2D eigenvalue weighted by molar-refractivity contribution is 0.0593. The van der Waals surface area contributed by atoms with Crippen molar-refractivity contribution in [1.29, 1.82) is 5.26 Å². The lowest BCUT2D eigenvalue weighted by Gasteiger charge is -2.22. The van der Waals surface area contributed by atoms with Gasteiger partial charge in [0.2, 0.25) is 10.0 Å². The van der Waals surface area contributed by atoms with E-state index in [4.69, 9.17) is 22.1 Å². The summed E-state index contributed by atoms with van der Waals surface area (Å²) in [7, 11) is -2.60. The van der Waals surface area contributed by atoms with Crippen LogP contribution in [0, 0.1) is 11.3 Å². The summed E-state index contributed by atoms with van der Waals surface area (Å²) in [6.45, 7) is 4.84. The van der Waals surface area contributed by atoms with Crippen molar-refractivity contribution < 1.29 is 17.9 Å². The third-order valence-corrected chi connectivity index (χ3v) is 7.09. The molecular formula is C21H27ClN4O4S. The maximum absolute atomic E-state index is 13.3. The standard InChI is InChI=1S/C21H27ClN4O4S/c1-4-6-10-25(11-7-5-2)31(28,29)16-8-9-17(22)18(12-16)26-14-15(13-23)19(24)20(26)21(27)30-3/h8-9,12,14H,4-7,10-11,24H2,1-3H3. The average Bonchev–Trinajstić information content (AvgIpc) is 3.09. The van der Waals surface area contributed by atoms with E-state index in [1.54, 1.807) is 0 Å². The number of aromatic nitrogens is 1. The van der Waals surface area contributed by atoms with E-state index in [0.717, 1.165) is 25.7 Å². The Morgan fingerprint density at radius 2 is 1.87 bits per heavy atom. The molecule has 1 aromatic carbocycles. The molecule has 0 spiro atoms. The number of halogens is 1. The van der Waals surface area contributed by atoms with E-state index < -0.39 is 16.0 Å². The molecular weight excluding hydrogens is 440 g/mol. The number of benzene rings is 1. The molecule has 1 heterocycles. The van der Waals surface area contributed by atoms with Crippen molar-refractivity contribution >= 4 is 33.3 Å². The predicted molar refractivity (Wildman–Crippen MR) is 120 cm³/mol. The summed E-state index contributed by atoms with van der Waals surface area (Å²) in [5, 5.41) is 9.51. The van der Waals surface area contributed by atoms with Crippen molar-refractivity contribution in [2.45, 2.75) is 44.4 Å². The number of sulfonamides is 1. The predicted octanol–water partition coefficient (Wildman–Crippen LogP) is 3.96. The van der Waals surface area contributed by atoms with Crippen LogP contribution in [0.1, 0.15) is 55.6 Å². The minimum absolute atomic E-state index is 0.0423. The van der Waals surface area contributed by atoms with Crippen LogP contribution < -0.4 is 5.73 Å². The lowest BCUT2D eigenvalue weighted by Crippen LogP contribution is -2.33. The van der Waals surface area contributed by atoms with E-state index in [-0.39, 0.29) is 32.6 Å². The zero-order valence-electron chi connectivity index (χ0n) is 17.9. The molecule has 2 rings (SSSR count). The van der Waals surface area contributed by atoms with Gasteiger partial charge >= 0.3 is 5.97 Å². The lowest BCUT2D eigenvalue weighted by atomic mass is 10.2. The van der Waals surface area contributed by atoms with E-state index >= 15 is 0 Å². The number of hydrogen-bond donors (Lipinski definition) is 1. The van der Waals surface area contributed by atoms with Crippen LogP contribution >= 0.6 is 11.6 Å². The first-order valence-corrected chi connectivity index (χ1v) is 11.8. The van der Waals surface area contributed by atoms with Crippen LogP contribution in [-0.2, 0) is 14.8 Å². The van der Waals surface area contributed by atoms with Crippen molar-refractivity contribution in [2.75, 3.05) is 25.9 Å². The second-order valence-electron chi connectivity index (χ2n) is 7.00. The zero-order valence-corrected chi connectivity index (χ0v) is 19.5. The second kappa shape index (κ2) is 10.7. The Hall–Kier alpha value is -2.54.